The molecule has 0 amide bonds. The van der Waals surface area contributed by atoms with Gasteiger partial charge in [-0.25, -0.2) is 10.7 Å². The number of aryl methyl sites for hydroxylation is 1. The third-order valence-corrected chi connectivity index (χ3v) is 2.95. The van der Waals surface area contributed by atoms with E-state index in [2.05, 4.69) is 9.82 Å². The number of nitrogens with two attached hydrogens (primary N) is 2. The highest BCUT2D eigenvalue weighted by Crippen LogP contribution is 2.27. The van der Waals surface area contributed by atoms with Crippen molar-refractivity contribution in [3.63, 3.8) is 0 Å². The van der Waals surface area contributed by atoms with E-state index in [9.17, 15) is 9.90 Å². The summed E-state index contributed by atoms with van der Waals surface area (Å²) in [6, 6.07) is 0. The van der Waals surface area contributed by atoms with Crippen LogP contribution in [-0.2, 0) is 9.57 Å². The number of aliphatic hydroxyl groups is 1. The fourth-order valence-corrected chi connectivity index (χ4v) is 1.92. The van der Waals surface area contributed by atoms with E-state index >= 15 is 0 Å². The molecular weight excluding hydrogens is 240 g/mol. The average Bonchev–Trinajstić information content (AvgIpc) is 2.66. The number of ether oxygens (including phenoxy) is 1. The van der Waals surface area contributed by atoms with Crippen molar-refractivity contribution in [2.75, 3.05) is 12.3 Å². The number of rotatable bonds is 3. The summed E-state index contributed by atoms with van der Waals surface area (Å²) >= 11 is 0. The maximum absolute atomic E-state index is 11.7. The van der Waals surface area contributed by atoms with Crippen LogP contribution in [0, 0.1) is 6.92 Å². The topological polar surface area (TPSA) is 126 Å². The number of hydrogen-bond acceptors (Lipinski definition) is 7. The van der Waals surface area contributed by atoms with Crippen molar-refractivity contribution in [2.24, 2.45) is 5.90 Å². The highest BCUT2D eigenvalue weighted by Gasteiger charge is 2.35. The normalized spacial score (nSPS) is 27.6. The summed E-state index contributed by atoms with van der Waals surface area (Å²) in [6.45, 7) is 1.80. The van der Waals surface area contributed by atoms with Crippen molar-refractivity contribution in [2.45, 2.75) is 31.8 Å². The Morgan fingerprint density at radius 3 is 3.11 bits per heavy atom. The Kier molecular flexibility index (Phi) is 3.62. The number of aliphatic hydroxyl groups excluding tert-OH is 1. The van der Waals surface area contributed by atoms with E-state index in [4.69, 9.17) is 16.4 Å². The van der Waals surface area contributed by atoms with Gasteiger partial charge < -0.3 is 20.4 Å². The standard InChI is InChI=1S/C10H16N4O4/c1-5-3-14(10(16)13-9(5)11)8-2-6(15)7(18-8)4-17-12/h3,6-8,15H,2,4,12H2,1H3,(H2,11,13,16)/t6-,7+,8+/m0/s1. The fraction of sp³-hybridized carbons (Fsp3) is 0.600. The van der Waals surface area contributed by atoms with Crippen LogP contribution in [0.5, 0.6) is 0 Å². The second-order valence-electron chi connectivity index (χ2n) is 4.26. The van der Waals surface area contributed by atoms with Crippen LogP contribution < -0.4 is 17.3 Å². The molecule has 1 fully saturated rings. The molecule has 0 saturated carbocycles. The maximum Gasteiger partial charge on any atom is 0.351 e. The molecule has 0 aromatic carbocycles. The fourth-order valence-electron chi connectivity index (χ4n) is 1.92. The zero-order chi connectivity index (χ0) is 13.3. The Balaban J connectivity index is 2.24. The first-order valence-electron chi connectivity index (χ1n) is 5.53. The molecule has 0 radical (unpaired) electrons. The summed E-state index contributed by atoms with van der Waals surface area (Å²) in [4.78, 5) is 19.8. The Labute approximate surface area is 103 Å². The first-order chi connectivity index (χ1) is 8.52. The smallest absolute Gasteiger partial charge is 0.351 e. The zero-order valence-electron chi connectivity index (χ0n) is 9.94. The van der Waals surface area contributed by atoms with Crippen LogP contribution in [0.3, 0.4) is 0 Å². The molecule has 1 aliphatic rings. The molecule has 8 heteroatoms. The van der Waals surface area contributed by atoms with Crippen LogP contribution in [0.25, 0.3) is 0 Å². The van der Waals surface area contributed by atoms with Gasteiger partial charge in [0.25, 0.3) is 0 Å². The van der Waals surface area contributed by atoms with Gasteiger partial charge in [-0.05, 0) is 6.92 Å². The summed E-state index contributed by atoms with van der Waals surface area (Å²) < 4.78 is 6.81. The zero-order valence-corrected chi connectivity index (χ0v) is 9.94. The van der Waals surface area contributed by atoms with Crippen molar-refractivity contribution in [1.29, 1.82) is 0 Å². The number of hydrogen-bond donors (Lipinski definition) is 3. The number of nitrogens with zero attached hydrogens (tertiary/aromatic N) is 2. The van der Waals surface area contributed by atoms with Crippen LogP contribution in [0.4, 0.5) is 5.82 Å². The van der Waals surface area contributed by atoms with Crippen molar-refractivity contribution in [3.8, 4) is 0 Å². The Bertz CT molecular complexity index is 489. The van der Waals surface area contributed by atoms with Gasteiger partial charge in [0.1, 0.15) is 18.1 Å². The SMILES string of the molecule is Cc1cn([C@H]2C[C@H](O)[C@@H](CON)O2)c(=O)nc1N. The maximum atomic E-state index is 11.7. The molecule has 0 bridgehead atoms. The first-order valence-corrected chi connectivity index (χ1v) is 5.53. The third-order valence-electron chi connectivity index (χ3n) is 2.95. The van der Waals surface area contributed by atoms with Crippen LogP contribution in [0.15, 0.2) is 11.0 Å². The third kappa shape index (κ3) is 2.36. The van der Waals surface area contributed by atoms with Gasteiger partial charge in [-0.15, -0.1) is 0 Å². The molecular formula is C10H16N4O4. The predicted octanol–water partition coefficient (Wildman–Crippen LogP) is -1.33. The molecule has 1 aliphatic heterocycles. The molecule has 0 spiro atoms. The number of anilines is 1. The second-order valence-corrected chi connectivity index (χ2v) is 4.26. The Hall–Kier alpha value is -1.48. The largest absolute Gasteiger partial charge is 0.390 e. The highest BCUT2D eigenvalue weighted by atomic mass is 16.6. The van der Waals surface area contributed by atoms with E-state index in [0.29, 0.717) is 5.56 Å². The predicted molar refractivity (Wildman–Crippen MR) is 62.3 cm³/mol. The molecule has 1 aromatic rings. The minimum absolute atomic E-state index is 0.0633. The minimum Gasteiger partial charge on any atom is -0.390 e. The molecule has 0 unspecified atom stereocenters. The van der Waals surface area contributed by atoms with E-state index in [1.54, 1.807) is 13.1 Å². The molecule has 0 aliphatic carbocycles. The molecule has 5 N–H and O–H groups in total. The van der Waals surface area contributed by atoms with E-state index < -0.39 is 24.1 Å². The summed E-state index contributed by atoms with van der Waals surface area (Å²) in [5, 5.41) is 9.75. The van der Waals surface area contributed by atoms with Gasteiger partial charge >= 0.3 is 5.69 Å². The van der Waals surface area contributed by atoms with Crippen molar-refractivity contribution in [3.05, 3.63) is 22.2 Å². The summed E-state index contributed by atoms with van der Waals surface area (Å²) in [7, 11) is 0. The van der Waals surface area contributed by atoms with Crippen LogP contribution >= 0.6 is 0 Å². The lowest BCUT2D eigenvalue weighted by atomic mass is 10.2. The minimum atomic E-state index is -0.733. The lowest BCUT2D eigenvalue weighted by Gasteiger charge is -2.15. The average molecular weight is 256 g/mol. The van der Waals surface area contributed by atoms with E-state index in [1.807, 2.05) is 0 Å². The molecule has 2 rings (SSSR count). The summed E-state index contributed by atoms with van der Waals surface area (Å²) in [6.07, 6.45) is -0.0281. The molecule has 3 atom stereocenters. The van der Waals surface area contributed by atoms with Gasteiger partial charge in [-0.2, -0.15) is 4.98 Å². The van der Waals surface area contributed by atoms with Crippen LogP contribution in [0.1, 0.15) is 18.2 Å². The summed E-state index contributed by atoms with van der Waals surface area (Å²) in [5.41, 5.74) is 5.70. The molecule has 1 saturated heterocycles. The Morgan fingerprint density at radius 2 is 2.44 bits per heavy atom. The van der Waals surface area contributed by atoms with Gasteiger partial charge in [-0.1, -0.05) is 0 Å². The van der Waals surface area contributed by atoms with E-state index in [1.165, 1.54) is 4.57 Å². The van der Waals surface area contributed by atoms with Crippen LogP contribution in [-0.4, -0.2) is 33.5 Å². The second kappa shape index (κ2) is 5.02. The quantitative estimate of drug-likeness (QED) is 0.572. The van der Waals surface area contributed by atoms with Crippen LogP contribution in [0.2, 0.25) is 0 Å². The van der Waals surface area contributed by atoms with Gasteiger partial charge in [0.15, 0.2) is 0 Å². The van der Waals surface area contributed by atoms with Gasteiger partial charge in [0.05, 0.1) is 12.7 Å². The lowest BCUT2D eigenvalue weighted by Crippen LogP contribution is -2.29. The summed E-state index contributed by atoms with van der Waals surface area (Å²) in [5.74, 6) is 5.13. The van der Waals surface area contributed by atoms with Gasteiger partial charge in [0, 0.05) is 18.2 Å². The van der Waals surface area contributed by atoms with E-state index in [0.717, 1.165) is 0 Å². The van der Waals surface area contributed by atoms with E-state index in [-0.39, 0.29) is 18.8 Å². The Morgan fingerprint density at radius 1 is 1.72 bits per heavy atom. The highest BCUT2D eigenvalue weighted by molar-refractivity contribution is 5.35. The number of aromatic nitrogens is 2. The monoisotopic (exact) mass is 256 g/mol. The number of nitrogen functional groups attached to an aromatic ring is 1. The molecule has 18 heavy (non-hydrogen) atoms. The van der Waals surface area contributed by atoms with Crippen molar-refractivity contribution < 1.29 is 14.7 Å². The molecule has 1 aromatic heterocycles. The van der Waals surface area contributed by atoms with Gasteiger partial charge in [-0.3, -0.25) is 4.57 Å². The van der Waals surface area contributed by atoms with Gasteiger partial charge in [0.2, 0.25) is 0 Å². The molecule has 100 valence electrons. The lowest BCUT2D eigenvalue weighted by molar-refractivity contribution is -0.0641. The van der Waals surface area contributed by atoms with Crippen molar-refractivity contribution >= 4 is 5.82 Å². The molecule has 8 nitrogen and oxygen atoms in total. The van der Waals surface area contributed by atoms with Crippen molar-refractivity contribution in [1.82, 2.24) is 9.55 Å². The molecule has 2 heterocycles. The first kappa shape index (κ1) is 13.0.